The van der Waals surface area contributed by atoms with Gasteiger partial charge in [0.05, 0.1) is 12.4 Å². The predicted molar refractivity (Wildman–Crippen MR) is 66.2 cm³/mol. The number of amides is 1. The third-order valence-electron chi connectivity index (χ3n) is 3.89. The van der Waals surface area contributed by atoms with E-state index < -0.39 is 0 Å². The second-order valence-electron chi connectivity index (χ2n) is 5.32. The van der Waals surface area contributed by atoms with Crippen molar-refractivity contribution >= 4 is 5.91 Å². The highest BCUT2D eigenvalue weighted by Crippen LogP contribution is 2.48. The van der Waals surface area contributed by atoms with E-state index in [4.69, 9.17) is 9.15 Å². The van der Waals surface area contributed by atoms with Gasteiger partial charge in [-0.15, -0.1) is 0 Å². The monoisotopic (exact) mass is 249 g/mol. The summed E-state index contributed by atoms with van der Waals surface area (Å²) < 4.78 is 10.9. The summed E-state index contributed by atoms with van der Waals surface area (Å²) in [5.41, 5.74) is 0. The first-order valence-electron chi connectivity index (χ1n) is 6.65. The third-order valence-corrected chi connectivity index (χ3v) is 3.89. The van der Waals surface area contributed by atoms with Crippen LogP contribution in [0.4, 0.5) is 0 Å². The Morgan fingerprint density at radius 1 is 1.56 bits per heavy atom. The van der Waals surface area contributed by atoms with E-state index in [1.54, 1.807) is 6.26 Å². The largest absolute Gasteiger partial charge is 0.469 e. The summed E-state index contributed by atoms with van der Waals surface area (Å²) in [6, 6.07) is 3.84. The van der Waals surface area contributed by atoms with Gasteiger partial charge in [0.1, 0.15) is 5.76 Å². The van der Waals surface area contributed by atoms with E-state index in [9.17, 15) is 4.79 Å². The van der Waals surface area contributed by atoms with E-state index in [0.29, 0.717) is 5.92 Å². The first-order chi connectivity index (χ1) is 8.75. The summed E-state index contributed by atoms with van der Waals surface area (Å²) in [7, 11) is 1.88. The lowest BCUT2D eigenvalue weighted by atomic mass is 10.2. The second kappa shape index (κ2) is 4.76. The Balaban J connectivity index is 1.52. The van der Waals surface area contributed by atoms with Crippen molar-refractivity contribution in [3.05, 3.63) is 24.2 Å². The Morgan fingerprint density at radius 2 is 2.44 bits per heavy atom. The standard InChI is InChI=1S/C14H19NO3/c1-15(9-10-4-2-6-17-10)14(16)12-8-11(12)13-5-3-7-18-13/h3,5,7,10-12H,2,4,6,8-9H2,1H3. The van der Waals surface area contributed by atoms with Gasteiger partial charge in [-0.1, -0.05) is 0 Å². The normalized spacial score (nSPS) is 30.4. The minimum Gasteiger partial charge on any atom is -0.469 e. The fourth-order valence-corrected chi connectivity index (χ4v) is 2.75. The molecule has 2 aliphatic rings. The maximum absolute atomic E-state index is 12.2. The van der Waals surface area contributed by atoms with Crippen molar-refractivity contribution in [3.63, 3.8) is 0 Å². The molecule has 1 aromatic rings. The summed E-state index contributed by atoms with van der Waals surface area (Å²) in [4.78, 5) is 14.1. The number of ether oxygens (including phenoxy) is 1. The lowest BCUT2D eigenvalue weighted by Crippen LogP contribution is -2.35. The molecule has 18 heavy (non-hydrogen) atoms. The number of hydrogen-bond donors (Lipinski definition) is 0. The quantitative estimate of drug-likeness (QED) is 0.820. The van der Waals surface area contributed by atoms with Crippen LogP contribution in [-0.2, 0) is 9.53 Å². The van der Waals surface area contributed by atoms with Crippen LogP contribution in [0.1, 0.15) is 30.9 Å². The number of rotatable bonds is 4. The van der Waals surface area contributed by atoms with Crippen molar-refractivity contribution in [1.29, 1.82) is 0 Å². The second-order valence-corrected chi connectivity index (χ2v) is 5.32. The van der Waals surface area contributed by atoms with Crippen LogP contribution < -0.4 is 0 Å². The molecule has 3 rings (SSSR count). The van der Waals surface area contributed by atoms with Crippen LogP contribution in [0.3, 0.4) is 0 Å². The molecule has 1 aliphatic heterocycles. The van der Waals surface area contributed by atoms with Gasteiger partial charge >= 0.3 is 0 Å². The van der Waals surface area contributed by atoms with Crippen LogP contribution in [0.5, 0.6) is 0 Å². The van der Waals surface area contributed by atoms with Gasteiger partial charge in [0.15, 0.2) is 0 Å². The summed E-state index contributed by atoms with van der Waals surface area (Å²) in [6.07, 6.45) is 5.02. The molecule has 0 bridgehead atoms. The summed E-state index contributed by atoms with van der Waals surface area (Å²) in [5.74, 6) is 1.58. The maximum Gasteiger partial charge on any atom is 0.226 e. The summed E-state index contributed by atoms with van der Waals surface area (Å²) >= 11 is 0. The molecule has 2 heterocycles. The molecule has 0 spiro atoms. The van der Waals surface area contributed by atoms with Gasteiger partial charge in [-0.3, -0.25) is 4.79 Å². The van der Waals surface area contributed by atoms with Crippen molar-refractivity contribution in [1.82, 2.24) is 4.90 Å². The highest BCUT2D eigenvalue weighted by molar-refractivity contribution is 5.82. The zero-order valence-electron chi connectivity index (χ0n) is 10.7. The minimum absolute atomic E-state index is 0.113. The molecule has 1 saturated carbocycles. The SMILES string of the molecule is CN(CC1CCCO1)C(=O)C1CC1c1ccco1. The topological polar surface area (TPSA) is 42.7 Å². The Bertz CT molecular complexity index is 409. The molecule has 1 amide bonds. The maximum atomic E-state index is 12.2. The smallest absolute Gasteiger partial charge is 0.226 e. The molecule has 0 aromatic carbocycles. The first kappa shape index (κ1) is 11.8. The molecule has 1 aromatic heterocycles. The Morgan fingerprint density at radius 3 is 3.11 bits per heavy atom. The molecule has 98 valence electrons. The Hall–Kier alpha value is -1.29. The fourth-order valence-electron chi connectivity index (χ4n) is 2.75. The van der Waals surface area contributed by atoms with Gasteiger partial charge in [-0.2, -0.15) is 0 Å². The number of nitrogens with zero attached hydrogens (tertiary/aromatic N) is 1. The molecule has 4 nitrogen and oxygen atoms in total. The van der Waals surface area contributed by atoms with Crippen LogP contribution >= 0.6 is 0 Å². The fraction of sp³-hybridized carbons (Fsp3) is 0.643. The summed E-state index contributed by atoms with van der Waals surface area (Å²) in [5, 5.41) is 0. The Labute approximate surface area is 107 Å². The van der Waals surface area contributed by atoms with E-state index in [1.807, 2.05) is 24.1 Å². The molecule has 1 saturated heterocycles. The molecule has 1 aliphatic carbocycles. The van der Waals surface area contributed by atoms with Crippen molar-refractivity contribution in [2.45, 2.75) is 31.3 Å². The molecule has 3 atom stereocenters. The molecular formula is C14H19NO3. The summed E-state index contributed by atoms with van der Waals surface area (Å²) in [6.45, 7) is 1.56. The van der Waals surface area contributed by atoms with Crippen LogP contribution in [0.25, 0.3) is 0 Å². The van der Waals surface area contributed by atoms with E-state index in [0.717, 1.165) is 38.2 Å². The first-order valence-corrected chi connectivity index (χ1v) is 6.65. The van der Waals surface area contributed by atoms with Crippen LogP contribution in [0, 0.1) is 5.92 Å². The molecule has 3 unspecified atom stereocenters. The van der Waals surface area contributed by atoms with E-state index >= 15 is 0 Å². The predicted octanol–water partition coefficient (Wildman–Crippen LogP) is 2.02. The van der Waals surface area contributed by atoms with E-state index in [-0.39, 0.29) is 17.9 Å². The van der Waals surface area contributed by atoms with Gasteiger partial charge < -0.3 is 14.1 Å². The van der Waals surface area contributed by atoms with Crippen molar-refractivity contribution in [2.24, 2.45) is 5.92 Å². The lowest BCUT2D eigenvalue weighted by Gasteiger charge is -2.20. The van der Waals surface area contributed by atoms with E-state index in [1.165, 1.54) is 0 Å². The average molecular weight is 249 g/mol. The molecule has 0 N–H and O–H groups in total. The number of furan rings is 1. The third kappa shape index (κ3) is 2.29. The van der Waals surface area contributed by atoms with Crippen LogP contribution in [0.2, 0.25) is 0 Å². The zero-order chi connectivity index (χ0) is 12.5. The van der Waals surface area contributed by atoms with Gasteiger partial charge in [-0.25, -0.2) is 0 Å². The molecule has 0 radical (unpaired) electrons. The number of carbonyl (C=O) groups excluding carboxylic acids is 1. The van der Waals surface area contributed by atoms with Gasteiger partial charge in [0.25, 0.3) is 0 Å². The molecule has 4 heteroatoms. The average Bonchev–Trinajstić information content (AvgIpc) is 2.83. The Kier molecular flexibility index (Phi) is 3.12. The van der Waals surface area contributed by atoms with Gasteiger partial charge in [0.2, 0.25) is 5.91 Å². The van der Waals surface area contributed by atoms with Crippen LogP contribution in [0.15, 0.2) is 22.8 Å². The van der Waals surface area contributed by atoms with Crippen molar-refractivity contribution < 1.29 is 13.9 Å². The van der Waals surface area contributed by atoms with Gasteiger partial charge in [-0.05, 0) is 31.4 Å². The highest BCUT2D eigenvalue weighted by Gasteiger charge is 2.47. The highest BCUT2D eigenvalue weighted by atomic mass is 16.5. The van der Waals surface area contributed by atoms with Crippen molar-refractivity contribution in [2.75, 3.05) is 20.2 Å². The molecule has 2 fully saturated rings. The molecular weight excluding hydrogens is 230 g/mol. The van der Waals surface area contributed by atoms with Gasteiger partial charge in [0, 0.05) is 32.0 Å². The van der Waals surface area contributed by atoms with Crippen LogP contribution in [-0.4, -0.2) is 37.1 Å². The van der Waals surface area contributed by atoms with E-state index in [2.05, 4.69) is 0 Å². The number of carbonyl (C=O) groups is 1. The number of likely N-dealkylation sites (N-methyl/N-ethyl adjacent to an activating group) is 1. The minimum atomic E-state index is 0.113. The lowest BCUT2D eigenvalue weighted by molar-refractivity contribution is -0.132. The van der Waals surface area contributed by atoms with Crippen molar-refractivity contribution in [3.8, 4) is 0 Å². The number of hydrogen-bond acceptors (Lipinski definition) is 3. The zero-order valence-corrected chi connectivity index (χ0v) is 10.7.